The summed E-state index contributed by atoms with van der Waals surface area (Å²) in [6, 6.07) is 6.81. The van der Waals surface area contributed by atoms with Crippen LogP contribution in [-0.4, -0.2) is 18.6 Å². The molecule has 4 heteroatoms. The first-order chi connectivity index (χ1) is 6.75. The van der Waals surface area contributed by atoms with Crippen LogP contribution in [0.25, 0.3) is 0 Å². The second-order valence-corrected chi connectivity index (χ2v) is 2.98. The molecule has 0 heterocycles. The Kier molecular flexibility index (Phi) is 4.07. The summed E-state index contributed by atoms with van der Waals surface area (Å²) in [5.41, 5.74) is 0.971. The molecule has 0 aromatic heterocycles. The Morgan fingerprint density at radius 3 is 2.79 bits per heavy atom. The van der Waals surface area contributed by atoms with E-state index >= 15 is 0 Å². The van der Waals surface area contributed by atoms with Crippen LogP contribution in [0.4, 0.5) is 5.69 Å². The quantitative estimate of drug-likeness (QED) is 0.411. The lowest BCUT2D eigenvalue weighted by atomic mass is 10.1. The van der Waals surface area contributed by atoms with Gasteiger partial charge in [-0.3, -0.25) is 10.1 Å². The summed E-state index contributed by atoms with van der Waals surface area (Å²) in [5, 5.41) is 10.6. The average molecular weight is 195 g/mol. The third-order valence-electron chi connectivity index (χ3n) is 1.98. The zero-order valence-electron chi connectivity index (χ0n) is 8.10. The minimum absolute atomic E-state index is 0.198. The normalized spacial score (nSPS) is 10.1. The largest absolute Gasteiger partial charge is 0.385 e. The van der Waals surface area contributed by atoms with Crippen LogP contribution in [0.2, 0.25) is 0 Å². The number of nitrogens with zero attached hydrogens (tertiary/aromatic N) is 1. The van der Waals surface area contributed by atoms with Gasteiger partial charge >= 0.3 is 0 Å². The highest BCUT2D eigenvalue weighted by molar-refractivity contribution is 5.39. The monoisotopic (exact) mass is 195 g/mol. The van der Waals surface area contributed by atoms with E-state index in [9.17, 15) is 10.1 Å². The first kappa shape index (κ1) is 10.7. The molecule has 0 aliphatic heterocycles. The lowest BCUT2D eigenvalue weighted by molar-refractivity contribution is -0.385. The maximum absolute atomic E-state index is 10.6. The molecule has 0 bridgehead atoms. The molecule has 0 amide bonds. The van der Waals surface area contributed by atoms with E-state index in [-0.39, 0.29) is 10.6 Å². The molecule has 0 radical (unpaired) electrons. The summed E-state index contributed by atoms with van der Waals surface area (Å²) >= 11 is 0. The molecule has 0 fully saturated rings. The van der Waals surface area contributed by atoms with Gasteiger partial charge < -0.3 is 4.74 Å². The summed E-state index contributed by atoms with van der Waals surface area (Å²) in [7, 11) is 1.62. The molecule has 0 aliphatic carbocycles. The van der Waals surface area contributed by atoms with Gasteiger partial charge in [0.05, 0.1) is 4.92 Å². The van der Waals surface area contributed by atoms with Gasteiger partial charge in [-0.1, -0.05) is 18.2 Å². The molecule has 76 valence electrons. The van der Waals surface area contributed by atoms with Crippen molar-refractivity contribution in [2.75, 3.05) is 13.7 Å². The van der Waals surface area contributed by atoms with Crippen LogP contribution >= 0.6 is 0 Å². The van der Waals surface area contributed by atoms with Crippen molar-refractivity contribution in [1.82, 2.24) is 0 Å². The van der Waals surface area contributed by atoms with Crippen LogP contribution in [0.3, 0.4) is 0 Å². The second-order valence-electron chi connectivity index (χ2n) is 2.98. The highest BCUT2D eigenvalue weighted by Gasteiger charge is 2.10. The van der Waals surface area contributed by atoms with E-state index in [0.717, 1.165) is 12.0 Å². The molecule has 1 aromatic rings. The molecule has 0 spiro atoms. The Morgan fingerprint density at radius 2 is 2.14 bits per heavy atom. The van der Waals surface area contributed by atoms with Crippen LogP contribution in [-0.2, 0) is 11.2 Å². The fourth-order valence-electron chi connectivity index (χ4n) is 1.31. The molecule has 0 N–H and O–H groups in total. The summed E-state index contributed by atoms with van der Waals surface area (Å²) < 4.78 is 4.89. The molecular weight excluding hydrogens is 182 g/mol. The molecule has 0 unspecified atom stereocenters. The minimum Gasteiger partial charge on any atom is -0.385 e. The first-order valence-corrected chi connectivity index (χ1v) is 4.47. The van der Waals surface area contributed by atoms with Crippen molar-refractivity contribution < 1.29 is 9.66 Å². The van der Waals surface area contributed by atoms with Gasteiger partial charge in [0.2, 0.25) is 0 Å². The molecule has 0 saturated heterocycles. The fourth-order valence-corrected chi connectivity index (χ4v) is 1.31. The second kappa shape index (κ2) is 5.34. The third kappa shape index (κ3) is 2.81. The maximum atomic E-state index is 10.6. The number of ether oxygens (including phenoxy) is 1. The van der Waals surface area contributed by atoms with Crippen LogP contribution in [0, 0.1) is 10.1 Å². The lowest BCUT2D eigenvalue weighted by Gasteiger charge is -2.01. The Bertz CT molecular complexity index is 312. The summed E-state index contributed by atoms with van der Waals surface area (Å²) in [5.74, 6) is 0. The van der Waals surface area contributed by atoms with Crippen molar-refractivity contribution in [1.29, 1.82) is 0 Å². The Hall–Kier alpha value is -1.42. The Labute approximate surface area is 82.7 Å². The molecule has 0 aliphatic rings. The topological polar surface area (TPSA) is 52.4 Å². The predicted molar refractivity (Wildman–Crippen MR) is 53.3 cm³/mol. The zero-order chi connectivity index (χ0) is 10.4. The Balaban J connectivity index is 2.69. The number of rotatable bonds is 5. The molecule has 1 rings (SSSR count). The van der Waals surface area contributed by atoms with E-state index in [1.165, 1.54) is 6.07 Å². The zero-order valence-corrected chi connectivity index (χ0v) is 8.10. The summed E-state index contributed by atoms with van der Waals surface area (Å²) in [6.45, 7) is 0.631. The molecule has 0 atom stereocenters. The molecule has 4 nitrogen and oxygen atoms in total. The van der Waals surface area contributed by atoms with Crippen molar-refractivity contribution in [2.24, 2.45) is 0 Å². The highest BCUT2D eigenvalue weighted by atomic mass is 16.6. The van der Waals surface area contributed by atoms with Crippen LogP contribution in [0.1, 0.15) is 12.0 Å². The van der Waals surface area contributed by atoms with Crippen molar-refractivity contribution in [2.45, 2.75) is 12.8 Å². The predicted octanol–water partition coefficient (Wildman–Crippen LogP) is 2.17. The van der Waals surface area contributed by atoms with Gasteiger partial charge in [0, 0.05) is 25.3 Å². The standard InChI is InChI=1S/C10H13NO3/c1-14-8-4-6-9-5-2-3-7-10(9)11(12)13/h2-3,5,7H,4,6,8H2,1H3. The number of nitro groups is 1. The van der Waals surface area contributed by atoms with E-state index in [1.54, 1.807) is 19.2 Å². The van der Waals surface area contributed by atoms with Crippen LogP contribution in [0.15, 0.2) is 24.3 Å². The molecular formula is C10H13NO3. The number of hydrogen-bond donors (Lipinski definition) is 0. The van der Waals surface area contributed by atoms with E-state index in [4.69, 9.17) is 4.74 Å². The third-order valence-corrected chi connectivity index (χ3v) is 1.98. The van der Waals surface area contributed by atoms with E-state index in [0.29, 0.717) is 13.0 Å². The van der Waals surface area contributed by atoms with Gasteiger partial charge in [-0.05, 0) is 12.8 Å². The molecule has 14 heavy (non-hydrogen) atoms. The van der Waals surface area contributed by atoms with Gasteiger partial charge in [-0.2, -0.15) is 0 Å². The van der Waals surface area contributed by atoms with Crippen LogP contribution in [0.5, 0.6) is 0 Å². The lowest BCUT2D eigenvalue weighted by Crippen LogP contribution is -1.97. The highest BCUT2D eigenvalue weighted by Crippen LogP contribution is 2.18. The Morgan fingerprint density at radius 1 is 1.43 bits per heavy atom. The van der Waals surface area contributed by atoms with Gasteiger partial charge in [0.15, 0.2) is 0 Å². The van der Waals surface area contributed by atoms with Crippen molar-refractivity contribution in [3.8, 4) is 0 Å². The minimum atomic E-state index is -0.345. The van der Waals surface area contributed by atoms with Crippen molar-refractivity contribution in [3.05, 3.63) is 39.9 Å². The SMILES string of the molecule is COCCCc1ccccc1[N+](=O)[O-]. The fraction of sp³-hybridized carbons (Fsp3) is 0.400. The van der Waals surface area contributed by atoms with Crippen molar-refractivity contribution in [3.63, 3.8) is 0 Å². The number of aryl methyl sites for hydroxylation is 1. The maximum Gasteiger partial charge on any atom is 0.272 e. The number of benzene rings is 1. The van der Waals surface area contributed by atoms with E-state index in [1.807, 2.05) is 6.07 Å². The first-order valence-electron chi connectivity index (χ1n) is 4.47. The van der Waals surface area contributed by atoms with Crippen molar-refractivity contribution >= 4 is 5.69 Å². The molecule has 1 aromatic carbocycles. The average Bonchev–Trinajstić information content (AvgIpc) is 2.19. The van der Waals surface area contributed by atoms with Crippen LogP contribution < -0.4 is 0 Å². The smallest absolute Gasteiger partial charge is 0.272 e. The number of para-hydroxylation sites is 1. The summed E-state index contributed by atoms with van der Waals surface area (Å²) in [6.07, 6.45) is 1.49. The number of nitro benzene ring substituents is 1. The van der Waals surface area contributed by atoms with Gasteiger partial charge in [0.25, 0.3) is 5.69 Å². The van der Waals surface area contributed by atoms with Gasteiger partial charge in [-0.15, -0.1) is 0 Å². The van der Waals surface area contributed by atoms with E-state index < -0.39 is 0 Å². The van der Waals surface area contributed by atoms with Gasteiger partial charge in [-0.25, -0.2) is 0 Å². The number of methoxy groups -OCH3 is 1. The molecule has 0 saturated carbocycles. The number of hydrogen-bond acceptors (Lipinski definition) is 3. The van der Waals surface area contributed by atoms with E-state index in [2.05, 4.69) is 0 Å². The summed E-state index contributed by atoms with van der Waals surface area (Å²) in [4.78, 5) is 10.3. The van der Waals surface area contributed by atoms with Gasteiger partial charge in [0.1, 0.15) is 0 Å².